The van der Waals surface area contributed by atoms with Gasteiger partial charge in [-0.1, -0.05) is 29.8 Å². The van der Waals surface area contributed by atoms with Crippen molar-refractivity contribution in [3.8, 4) is 6.07 Å². The summed E-state index contributed by atoms with van der Waals surface area (Å²) >= 11 is 5.78. The standard InChI is InChI=1S/C12H8ClN3/c13-12-6-11(9(7-14)8-15-12)16-10-4-2-1-3-5-10/h1-6,8H,(H,15,16). The molecular formula is C12H8ClN3. The number of hydrogen-bond donors (Lipinski definition) is 1. The van der Waals surface area contributed by atoms with E-state index in [2.05, 4.69) is 16.4 Å². The lowest BCUT2D eigenvalue weighted by molar-refractivity contribution is 1.30. The van der Waals surface area contributed by atoms with Gasteiger partial charge in [0.2, 0.25) is 0 Å². The molecule has 2 aromatic rings. The van der Waals surface area contributed by atoms with Crippen molar-refractivity contribution in [2.24, 2.45) is 0 Å². The SMILES string of the molecule is N#Cc1cnc(Cl)cc1Nc1ccccc1. The van der Waals surface area contributed by atoms with Gasteiger partial charge in [0.1, 0.15) is 11.2 Å². The van der Waals surface area contributed by atoms with Crippen LogP contribution < -0.4 is 5.32 Å². The largest absolute Gasteiger partial charge is 0.354 e. The first-order chi connectivity index (χ1) is 7.79. The highest BCUT2D eigenvalue weighted by Crippen LogP contribution is 2.22. The van der Waals surface area contributed by atoms with Crippen molar-refractivity contribution in [2.75, 3.05) is 5.32 Å². The van der Waals surface area contributed by atoms with Crippen molar-refractivity contribution in [2.45, 2.75) is 0 Å². The Balaban J connectivity index is 2.35. The summed E-state index contributed by atoms with van der Waals surface area (Å²) in [6.45, 7) is 0. The summed E-state index contributed by atoms with van der Waals surface area (Å²) in [6.07, 6.45) is 1.45. The van der Waals surface area contributed by atoms with E-state index in [1.165, 1.54) is 6.20 Å². The van der Waals surface area contributed by atoms with Crippen LogP contribution in [0.3, 0.4) is 0 Å². The summed E-state index contributed by atoms with van der Waals surface area (Å²) < 4.78 is 0. The number of aromatic nitrogens is 1. The first-order valence-electron chi connectivity index (χ1n) is 4.67. The number of rotatable bonds is 2. The Labute approximate surface area is 98.3 Å². The number of nitrogens with one attached hydrogen (secondary N) is 1. The predicted molar refractivity (Wildman–Crippen MR) is 63.7 cm³/mol. The van der Waals surface area contributed by atoms with Crippen LogP contribution in [-0.2, 0) is 0 Å². The van der Waals surface area contributed by atoms with E-state index in [9.17, 15) is 0 Å². The number of anilines is 2. The van der Waals surface area contributed by atoms with Crippen molar-refractivity contribution in [3.05, 3.63) is 53.3 Å². The molecule has 1 N–H and O–H groups in total. The molecule has 0 fully saturated rings. The van der Waals surface area contributed by atoms with E-state index < -0.39 is 0 Å². The summed E-state index contributed by atoms with van der Waals surface area (Å²) in [5.41, 5.74) is 2.03. The van der Waals surface area contributed by atoms with Gasteiger partial charge in [-0.3, -0.25) is 0 Å². The highest BCUT2D eigenvalue weighted by Gasteiger charge is 2.03. The number of benzene rings is 1. The fourth-order valence-electron chi connectivity index (χ4n) is 1.30. The number of pyridine rings is 1. The highest BCUT2D eigenvalue weighted by molar-refractivity contribution is 6.29. The Bertz CT molecular complexity index is 532. The molecule has 0 amide bonds. The number of nitrogens with zero attached hydrogens (tertiary/aromatic N) is 2. The maximum atomic E-state index is 8.91. The molecule has 0 bridgehead atoms. The molecule has 0 saturated heterocycles. The molecule has 0 aliphatic heterocycles. The average Bonchev–Trinajstić information content (AvgIpc) is 2.31. The molecule has 4 heteroatoms. The third-order valence-corrected chi connectivity index (χ3v) is 2.25. The zero-order valence-electron chi connectivity index (χ0n) is 8.31. The fraction of sp³-hybridized carbons (Fsp3) is 0. The van der Waals surface area contributed by atoms with Gasteiger partial charge in [0.05, 0.1) is 11.3 Å². The van der Waals surface area contributed by atoms with E-state index in [0.29, 0.717) is 16.4 Å². The van der Waals surface area contributed by atoms with E-state index in [0.717, 1.165) is 5.69 Å². The van der Waals surface area contributed by atoms with Crippen LogP contribution in [-0.4, -0.2) is 4.98 Å². The summed E-state index contributed by atoms with van der Waals surface area (Å²) in [4.78, 5) is 3.86. The van der Waals surface area contributed by atoms with Gasteiger partial charge in [-0.05, 0) is 12.1 Å². The Morgan fingerprint density at radius 3 is 2.69 bits per heavy atom. The maximum absolute atomic E-state index is 8.91. The second-order valence-corrected chi connectivity index (χ2v) is 3.54. The molecular weight excluding hydrogens is 222 g/mol. The third kappa shape index (κ3) is 2.30. The molecule has 1 aromatic carbocycles. The first kappa shape index (κ1) is 10.5. The van der Waals surface area contributed by atoms with Gasteiger partial charge in [0.15, 0.2) is 0 Å². The lowest BCUT2D eigenvalue weighted by atomic mass is 10.2. The van der Waals surface area contributed by atoms with Crippen molar-refractivity contribution >= 4 is 23.0 Å². The quantitative estimate of drug-likeness (QED) is 0.804. The molecule has 0 spiro atoms. The van der Waals surface area contributed by atoms with Gasteiger partial charge in [0, 0.05) is 18.0 Å². The predicted octanol–water partition coefficient (Wildman–Crippen LogP) is 3.35. The van der Waals surface area contributed by atoms with E-state index >= 15 is 0 Å². The first-order valence-corrected chi connectivity index (χ1v) is 5.05. The molecule has 16 heavy (non-hydrogen) atoms. The zero-order valence-corrected chi connectivity index (χ0v) is 9.07. The summed E-state index contributed by atoms with van der Waals surface area (Å²) in [7, 11) is 0. The van der Waals surface area contributed by atoms with Crippen LogP contribution in [0.25, 0.3) is 0 Å². The van der Waals surface area contributed by atoms with E-state index in [-0.39, 0.29) is 0 Å². The van der Waals surface area contributed by atoms with Gasteiger partial charge >= 0.3 is 0 Å². The Hall–Kier alpha value is -2.05. The molecule has 1 aromatic heterocycles. The van der Waals surface area contributed by atoms with Gasteiger partial charge in [-0.15, -0.1) is 0 Å². The zero-order chi connectivity index (χ0) is 11.4. The fourth-order valence-corrected chi connectivity index (χ4v) is 1.46. The molecule has 0 atom stereocenters. The second kappa shape index (κ2) is 4.65. The van der Waals surface area contributed by atoms with Gasteiger partial charge in [0.25, 0.3) is 0 Å². The second-order valence-electron chi connectivity index (χ2n) is 3.16. The summed E-state index contributed by atoms with van der Waals surface area (Å²) in [6, 6.07) is 13.3. The van der Waals surface area contributed by atoms with Crippen LogP contribution in [0.15, 0.2) is 42.6 Å². The Morgan fingerprint density at radius 2 is 2.00 bits per heavy atom. The molecule has 1 heterocycles. The molecule has 0 aliphatic carbocycles. The van der Waals surface area contributed by atoms with Crippen LogP contribution in [0.5, 0.6) is 0 Å². The topological polar surface area (TPSA) is 48.7 Å². The number of halogens is 1. The van der Waals surface area contributed by atoms with Gasteiger partial charge < -0.3 is 5.32 Å². The minimum atomic E-state index is 0.359. The van der Waals surface area contributed by atoms with Crippen LogP contribution in [0, 0.1) is 11.3 Å². The molecule has 0 aliphatic rings. The van der Waals surface area contributed by atoms with Crippen LogP contribution in [0.4, 0.5) is 11.4 Å². The maximum Gasteiger partial charge on any atom is 0.131 e. The minimum Gasteiger partial charge on any atom is -0.354 e. The molecule has 0 saturated carbocycles. The van der Waals surface area contributed by atoms with Crippen molar-refractivity contribution in [1.29, 1.82) is 5.26 Å². The normalized spacial score (nSPS) is 9.50. The van der Waals surface area contributed by atoms with Crippen LogP contribution in [0.1, 0.15) is 5.56 Å². The van der Waals surface area contributed by atoms with Crippen molar-refractivity contribution in [3.63, 3.8) is 0 Å². The van der Waals surface area contributed by atoms with Crippen LogP contribution >= 0.6 is 11.6 Å². The van der Waals surface area contributed by atoms with Crippen molar-refractivity contribution in [1.82, 2.24) is 4.98 Å². The lowest BCUT2D eigenvalue weighted by Crippen LogP contribution is -1.94. The summed E-state index contributed by atoms with van der Waals surface area (Å²) in [5, 5.41) is 12.4. The van der Waals surface area contributed by atoms with E-state index in [4.69, 9.17) is 16.9 Å². The van der Waals surface area contributed by atoms with E-state index in [1.807, 2.05) is 30.3 Å². The lowest BCUT2D eigenvalue weighted by Gasteiger charge is -2.07. The number of nitriles is 1. The van der Waals surface area contributed by atoms with Crippen molar-refractivity contribution < 1.29 is 0 Å². The Morgan fingerprint density at radius 1 is 1.25 bits per heavy atom. The van der Waals surface area contributed by atoms with Crippen LogP contribution in [0.2, 0.25) is 5.15 Å². The van der Waals surface area contributed by atoms with Gasteiger partial charge in [-0.25, -0.2) is 4.98 Å². The number of hydrogen-bond acceptors (Lipinski definition) is 3. The number of para-hydroxylation sites is 1. The van der Waals surface area contributed by atoms with E-state index in [1.54, 1.807) is 6.07 Å². The monoisotopic (exact) mass is 229 g/mol. The average molecular weight is 230 g/mol. The Kier molecular flexibility index (Phi) is 3.04. The van der Waals surface area contributed by atoms with Gasteiger partial charge in [-0.2, -0.15) is 5.26 Å². The molecule has 0 unspecified atom stereocenters. The molecule has 0 radical (unpaired) electrons. The molecule has 3 nitrogen and oxygen atoms in total. The minimum absolute atomic E-state index is 0.359. The molecule has 2 rings (SSSR count). The highest BCUT2D eigenvalue weighted by atomic mass is 35.5. The molecule has 78 valence electrons. The third-order valence-electron chi connectivity index (χ3n) is 2.04. The smallest absolute Gasteiger partial charge is 0.131 e. The summed E-state index contributed by atoms with van der Waals surface area (Å²) in [5.74, 6) is 0.